The van der Waals surface area contributed by atoms with Gasteiger partial charge >= 0.3 is 0 Å². The minimum atomic E-state index is 0.597. The maximum atomic E-state index is 5.85. The molecule has 0 saturated carbocycles. The molecule has 0 amide bonds. The third-order valence-corrected chi connectivity index (χ3v) is 3.34. The number of nitrogens with zero attached hydrogens (tertiary/aromatic N) is 2. The Morgan fingerprint density at radius 1 is 1.26 bits per heavy atom. The number of fused-ring (bicyclic) bond motifs is 1. The van der Waals surface area contributed by atoms with Gasteiger partial charge in [0, 0.05) is 25.5 Å². The Morgan fingerprint density at radius 3 is 2.89 bits per heavy atom. The molecule has 19 heavy (non-hydrogen) atoms. The van der Waals surface area contributed by atoms with Gasteiger partial charge in [0.15, 0.2) is 0 Å². The van der Waals surface area contributed by atoms with E-state index in [9.17, 15) is 0 Å². The number of ether oxygens (including phenoxy) is 1. The van der Waals surface area contributed by atoms with Gasteiger partial charge in [-0.2, -0.15) is 0 Å². The van der Waals surface area contributed by atoms with Gasteiger partial charge in [0.25, 0.3) is 0 Å². The minimum Gasteiger partial charge on any atom is -0.380 e. The molecule has 0 N–H and O–H groups in total. The van der Waals surface area contributed by atoms with Crippen LogP contribution in [0.5, 0.6) is 0 Å². The normalized spacial score (nSPS) is 11.3. The van der Waals surface area contributed by atoms with E-state index >= 15 is 0 Å². The molecule has 4 heteroatoms. The summed E-state index contributed by atoms with van der Waals surface area (Å²) in [4.78, 5) is 4.64. The van der Waals surface area contributed by atoms with Gasteiger partial charge in [-0.3, -0.25) is 0 Å². The van der Waals surface area contributed by atoms with Crippen LogP contribution in [-0.2, 0) is 17.7 Å². The van der Waals surface area contributed by atoms with Crippen LogP contribution in [0.15, 0.2) is 24.3 Å². The van der Waals surface area contributed by atoms with E-state index in [1.807, 2.05) is 18.2 Å². The van der Waals surface area contributed by atoms with E-state index in [0.717, 1.165) is 43.9 Å². The van der Waals surface area contributed by atoms with Crippen molar-refractivity contribution in [3.05, 3.63) is 30.1 Å². The number of aryl methyl sites for hydroxylation is 1. The molecular formula is C15H21ClN2O. The summed E-state index contributed by atoms with van der Waals surface area (Å²) in [5.74, 6) is 1.65. The lowest BCUT2D eigenvalue weighted by Crippen LogP contribution is -2.10. The third kappa shape index (κ3) is 3.71. The number of hydrogen-bond donors (Lipinski definition) is 0. The maximum Gasteiger partial charge on any atom is 0.111 e. The number of halogens is 1. The first-order valence-electron chi connectivity index (χ1n) is 6.94. The van der Waals surface area contributed by atoms with Crippen LogP contribution in [0.4, 0.5) is 0 Å². The molecule has 0 bridgehead atoms. The Balaban J connectivity index is 2.08. The number of rotatable bonds is 8. The quantitative estimate of drug-likeness (QED) is 0.545. The SMILES string of the molecule is CCCCOCCn1c(CCCl)nc2ccccc21. The molecule has 0 unspecified atom stereocenters. The summed E-state index contributed by atoms with van der Waals surface area (Å²) in [5, 5.41) is 0. The Kier molecular flexibility index (Phi) is 5.67. The highest BCUT2D eigenvalue weighted by Crippen LogP contribution is 2.16. The second-order valence-electron chi connectivity index (χ2n) is 4.57. The summed E-state index contributed by atoms with van der Waals surface area (Å²) in [6, 6.07) is 8.21. The number of unbranched alkanes of at least 4 members (excludes halogenated alkanes) is 1. The fraction of sp³-hybridized carbons (Fsp3) is 0.533. The molecule has 0 fully saturated rings. The van der Waals surface area contributed by atoms with Crippen LogP contribution < -0.4 is 0 Å². The number of alkyl halides is 1. The van der Waals surface area contributed by atoms with Gasteiger partial charge in [-0.05, 0) is 18.6 Å². The van der Waals surface area contributed by atoms with Crippen LogP contribution in [0.2, 0.25) is 0 Å². The minimum absolute atomic E-state index is 0.597. The molecule has 0 saturated heterocycles. The lowest BCUT2D eigenvalue weighted by molar-refractivity contribution is 0.123. The molecule has 0 spiro atoms. The first-order chi connectivity index (χ1) is 9.36. The smallest absolute Gasteiger partial charge is 0.111 e. The van der Waals surface area contributed by atoms with E-state index < -0.39 is 0 Å². The van der Waals surface area contributed by atoms with Gasteiger partial charge in [0.05, 0.1) is 17.6 Å². The molecule has 0 radical (unpaired) electrons. The Labute approximate surface area is 119 Å². The number of para-hydroxylation sites is 2. The molecule has 1 aromatic heterocycles. The summed E-state index contributed by atoms with van der Waals surface area (Å²) >= 11 is 5.85. The maximum absolute atomic E-state index is 5.85. The molecule has 0 aliphatic rings. The summed E-state index contributed by atoms with van der Waals surface area (Å²) in [7, 11) is 0. The van der Waals surface area contributed by atoms with Crippen LogP contribution in [0.1, 0.15) is 25.6 Å². The highest BCUT2D eigenvalue weighted by atomic mass is 35.5. The lowest BCUT2D eigenvalue weighted by Gasteiger charge is -2.09. The molecule has 2 rings (SSSR count). The average Bonchev–Trinajstić information content (AvgIpc) is 2.77. The highest BCUT2D eigenvalue weighted by molar-refractivity contribution is 6.17. The predicted molar refractivity (Wildman–Crippen MR) is 79.9 cm³/mol. The molecule has 0 atom stereocenters. The zero-order valence-electron chi connectivity index (χ0n) is 11.4. The fourth-order valence-corrected chi connectivity index (χ4v) is 2.32. The molecule has 3 nitrogen and oxygen atoms in total. The Hall–Kier alpha value is -1.06. The van der Waals surface area contributed by atoms with Crippen LogP contribution in [0.25, 0.3) is 11.0 Å². The molecule has 1 aromatic carbocycles. The van der Waals surface area contributed by atoms with Gasteiger partial charge in [-0.15, -0.1) is 11.6 Å². The van der Waals surface area contributed by atoms with Crippen molar-refractivity contribution in [2.45, 2.75) is 32.7 Å². The lowest BCUT2D eigenvalue weighted by atomic mass is 10.3. The molecule has 0 aliphatic heterocycles. The van der Waals surface area contributed by atoms with E-state index in [2.05, 4.69) is 22.5 Å². The second kappa shape index (κ2) is 7.51. The van der Waals surface area contributed by atoms with Gasteiger partial charge in [-0.1, -0.05) is 25.5 Å². The zero-order chi connectivity index (χ0) is 13.5. The number of imidazole rings is 1. The monoisotopic (exact) mass is 280 g/mol. The molecule has 0 aliphatic carbocycles. The van der Waals surface area contributed by atoms with Crippen molar-refractivity contribution >= 4 is 22.6 Å². The van der Waals surface area contributed by atoms with Crippen LogP contribution in [0.3, 0.4) is 0 Å². The molecular weight excluding hydrogens is 260 g/mol. The number of aromatic nitrogens is 2. The van der Waals surface area contributed by atoms with Gasteiger partial charge in [0.2, 0.25) is 0 Å². The van der Waals surface area contributed by atoms with Gasteiger partial charge in [0.1, 0.15) is 5.82 Å². The fourth-order valence-electron chi connectivity index (χ4n) is 2.15. The van der Waals surface area contributed by atoms with Crippen molar-refractivity contribution < 1.29 is 4.74 Å². The molecule has 104 valence electrons. The predicted octanol–water partition coefficient (Wildman–Crippen LogP) is 3.63. The highest BCUT2D eigenvalue weighted by Gasteiger charge is 2.09. The summed E-state index contributed by atoms with van der Waals surface area (Å²) in [6.07, 6.45) is 3.09. The summed E-state index contributed by atoms with van der Waals surface area (Å²) in [6.45, 7) is 4.59. The van der Waals surface area contributed by atoms with E-state index in [-0.39, 0.29) is 0 Å². The van der Waals surface area contributed by atoms with Crippen molar-refractivity contribution in [1.29, 1.82) is 0 Å². The van der Waals surface area contributed by atoms with Crippen molar-refractivity contribution in [2.24, 2.45) is 0 Å². The van der Waals surface area contributed by atoms with Gasteiger partial charge < -0.3 is 9.30 Å². The number of hydrogen-bond acceptors (Lipinski definition) is 2. The second-order valence-corrected chi connectivity index (χ2v) is 4.95. The van der Waals surface area contributed by atoms with Crippen molar-refractivity contribution in [1.82, 2.24) is 9.55 Å². The first-order valence-corrected chi connectivity index (χ1v) is 7.48. The van der Waals surface area contributed by atoms with Crippen molar-refractivity contribution in [3.8, 4) is 0 Å². The van der Waals surface area contributed by atoms with E-state index in [0.29, 0.717) is 5.88 Å². The van der Waals surface area contributed by atoms with Crippen LogP contribution in [-0.4, -0.2) is 28.6 Å². The molecule has 2 aromatic rings. The summed E-state index contributed by atoms with van der Waals surface area (Å²) < 4.78 is 7.87. The van der Waals surface area contributed by atoms with Crippen LogP contribution in [0, 0.1) is 0 Å². The van der Waals surface area contributed by atoms with Crippen LogP contribution >= 0.6 is 11.6 Å². The topological polar surface area (TPSA) is 27.1 Å². The van der Waals surface area contributed by atoms with Gasteiger partial charge in [-0.25, -0.2) is 4.98 Å². The third-order valence-electron chi connectivity index (χ3n) is 3.15. The average molecular weight is 281 g/mol. The van der Waals surface area contributed by atoms with Crippen molar-refractivity contribution in [2.75, 3.05) is 19.1 Å². The van der Waals surface area contributed by atoms with E-state index in [1.54, 1.807) is 0 Å². The number of benzene rings is 1. The Morgan fingerprint density at radius 2 is 2.11 bits per heavy atom. The first kappa shape index (κ1) is 14.4. The Bertz CT molecular complexity index is 510. The molecule has 1 heterocycles. The summed E-state index contributed by atoms with van der Waals surface area (Å²) in [5.41, 5.74) is 2.21. The standard InChI is InChI=1S/C15H21ClN2O/c1-2-3-11-19-12-10-18-14-7-5-4-6-13(14)17-15(18)8-9-16/h4-7H,2-3,8-12H2,1H3. The zero-order valence-corrected chi connectivity index (χ0v) is 12.2. The largest absolute Gasteiger partial charge is 0.380 e. The van der Waals surface area contributed by atoms with E-state index in [4.69, 9.17) is 16.3 Å². The van der Waals surface area contributed by atoms with E-state index in [1.165, 1.54) is 11.9 Å². The van der Waals surface area contributed by atoms with Crippen molar-refractivity contribution in [3.63, 3.8) is 0 Å².